The zero-order chi connectivity index (χ0) is 20.6. The highest BCUT2D eigenvalue weighted by Crippen LogP contribution is 2.21. The van der Waals surface area contributed by atoms with Gasteiger partial charge in [0, 0.05) is 12.1 Å². The van der Waals surface area contributed by atoms with E-state index in [9.17, 15) is 9.59 Å². The second-order valence-corrected chi connectivity index (χ2v) is 6.89. The van der Waals surface area contributed by atoms with Gasteiger partial charge in [-0.15, -0.1) is 5.10 Å². The summed E-state index contributed by atoms with van der Waals surface area (Å²) in [7, 11) is 2.95. The van der Waals surface area contributed by atoms with Crippen molar-refractivity contribution in [2.45, 2.75) is 11.7 Å². The number of esters is 1. The monoisotopic (exact) mass is 412 g/mol. The Morgan fingerprint density at radius 3 is 2.45 bits per heavy atom. The fraction of sp³-hybridized carbons (Fsp3) is 0.200. The number of benzene rings is 2. The molecule has 1 amide bonds. The van der Waals surface area contributed by atoms with Crippen molar-refractivity contribution in [1.29, 1.82) is 0 Å². The molecule has 0 radical (unpaired) electrons. The summed E-state index contributed by atoms with van der Waals surface area (Å²) in [6.07, 6.45) is 0. The fourth-order valence-corrected chi connectivity index (χ4v) is 3.08. The molecule has 2 N–H and O–H groups in total. The average Bonchev–Trinajstić information content (AvgIpc) is 3.25. The van der Waals surface area contributed by atoms with Crippen LogP contribution in [0.5, 0.6) is 5.75 Å². The van der Waals surface area contributed by atoms with Crippen molar-refractivity contribution >= 4 is 23.6 Å². The molecule has 150 valence electrons. The van der Waals surface area contributed by atoms with Gasteiger partial charge < -0.3 is 14.8 Å². The van der Waals surface area contributed by atoms with E-state index in [1.807, 2.05) is 24.3 Å². The molecular weight excluding hydrogens is 392 g/mol. The summed E-state index contributed by atoms with van der Waals surface area (Å²) >= 11 is 1.24. The number of hydrogen-bond donors (Lipinski definition) is 2. The molecule has 0 spiro atoms. The maximum Gasteiger partial charge on any atom is 0.337 e. The van der Waals surface area contributed by atoms with Crippen LogP contribution in [0.3, 0.4) is 0 Å². The Labute approximate surface area is 172 Å². The highest BCUT2D eigenvalue weighted by atomic mass is 32.2. The lowest BCUT2D eigenvalue weighted by Gasteiger charge is -2.05. The van der Waals surface area contributed by atoms with E-state index in [0.717, 1.165) is 16.9 Å². The van der Waals surface area contributed by atoms with Gasteiger partial charge >= 0.3 is 5.97 Å². The molecule has 0 aliphatic carbocycles. The van der Waals surface area contributed by atoms with E-state index >= 15 is 0 Å². The molecule has 1 heterocycles. The summed E-state index contributed by atoms with van der Waals surface area (Å²) in [6, 6.07) is 14.3. The van der Waals surface area contributed by atoms with Crippen LogP contribution in [0.2, 0.25) is 0 Å². The molecule has 0 bridgehead atoms. The number of nitrogens with zero attached hydrogens (tertiary/aromatic N) is 2. The van der Waals surface area contributed by atoms with Crippen LogP contribution in [0.4, 0.5) is 0 Å². The SMILES string of the molecule is COC(=O)c1ccc(CNC(=O)CSc2n[nH]c(-c3ccc(OC)cc3)n2)cc1. The van der Waals surface area contributed by atoms with E-state index < -0.39 is 5.97 Å². The number of hydrogen-bond acceptors (Lipinski definition) is 7. The van der Waals surface area contributed by atoms with Gasteiger partial charge in [0.2, 0.25) is 11.1 Å². The Morgan fingerprint density at radius 2 is 1.79 bits per heavy atom. The predicted molar refractivity (Wildman–Crippen MR) is 109 cm³/mol. The first-order valence-electron chi connectivity index (χ1n) is 8.72. The Hall–Kier alpha value is -3.33. The van der Waals surface area contributed by atoms with E-state index in [2.05, 4.69) is 25.2 Å². The first-order chi connectivity index (χ1) is 14.1. The van der Waals surface area contributed by atoms with Crippen LogP contribution >= 0.6 is 11.8 Å². The molecule has 2 aromatic carbocycles. The van der Waals surface area contributed by atoms with Gasteiger partial charge in [-0.25, -0.2) is 9.78 Å². The Kier molecular flexibility index (Phi) is 6.85. The lowest BCUT2D eigenvalue weighted by Crippen LogP contribution is -2.24. The minimum atomic E-state index is -0.391. The van der Waals surface area contributed by atoms with Crippen molar-refractivity contribution in [3.8, 4) is 17.1 Å². The molecule has 29 heavy (non-hydrogen) atoms. The molecule has 8 nitrogen and oxygen atoms in total. The number of rotatable bonds is 8. The molecule has 3 rings (SSSR count). The van der Waals surface area contributed by atoms with Crippen LogP contribution in [0.15, 0.2) is 53.7 Å². The number of aromatic amines is 1. The number of aromatic nitrogens is 3. The number of H-pyrrole nitrogens is 1. The number of carbonyl (C=O) groups is 2. The second-order valence-electron chi connectivity index (χ2n) is 5.95. The van der Waals surface area contributed by atoms with Gasteiger partial charge in [-0.3, -0.25) is 9.89 Å². The van der Waals surface area contributed by atoms with Crippen LogP contribution < -0.4 is 10.1 Å². The van der Waals surface area contributed by atoms with E-state index in [-0.39, 0.29) is 11.7 Å². The number of carbonyl (C=O) groups excluding carboxylic acids is 2. The largest absolute Gasteiger partial charge is 0.497 e. The van der Waals surface area contributed by atoms with Crippen LogP contribution in [-0.4, -0.2) is 47.0 Å². The second kappa shape index (κ2) is 9.74. The van der Waals surface area contributed by atoms with E-state index in [1.165, 1.54) is 18.9 Å². The van der Waals surface area contributed by atoms with Crippen molar-refractivity contribution in [2.75, 3.05) is 20.0 Å². The van der Waals surface area contributed by atoms with E-state index in [1.54, 1.807) is 31.4 Å². The van der Waals surface area contributed by atoms with Crippen molar-refractivity contribution in [3.63, 3.8) is 0 Å². The minimum Gasteiger partial charge on any atom is -0.497 e. The Bertz CT molecular complexity index is 971. The van der Waals surface area contributed by atoms with Crippen molar-refractivity contribution in [3.05, 3.63) is 59.7 Å². The molecule has 1 aromatic heterocycles. The molecule has 3 aromatic rings. The summed E-state index contributed by atoms with van der Waals surface area (Å²) in [5, 5.41) is 10.3. The molecule has 0 saturated heterocycles. The van der Waals surface area contributed by atoms with Gasteiger partial charge in [0.1, 0.15) is 5.75 Å². The average molecular weight is 412 g/mol. The summed E-state index contributed by atoms with van der Waals surface area (Å²) in [6.45, 7) is 0.367. The van der Waals surface area contributed by atoms with Gasteiger partial charge in [0.25, 0.3) is 0 Å². The normalized spacial score (nSPS) is 10.4. The standard InChI is InChI=1S/C20H20N4O4S/c1-27-16-9-7-14(8-10-16)18-22-20(24-23-18)29-12-17(25)21-11-13-3-5-15(6-4-13)19(26)28-2/h3-10H,11-12H2,1-2H3,(H,21,25)(H,22,23,24). The summed E-state index contributed by atoms with van der Waals surface area (Å²) in [5.74, 6) is 1.06. The molecule has 0 atom stereocenters. The number of ether oxygens (including phenoxy) is 2. The third-order valence-corrected chi connectivity index (χ3v) is 4.87. The molecule has 0 unspecified atom stereocenters. The zero-order valence-corrected chi connectivity index (χ0v) is 16.8. The van der Waals surface area contributed by atoms with Crippen LogP contribution in [0.25, 0.3) is 11.4 Å². The quantitative estimate of drug-likeness (QED) is 0.433. The highest BCUT2D eigenvalue weighted by Gasteiger charge is 2.10. The number of nitrogens with one attached hydrogen (secondary N) is 2. The molecule has 9 heteroatoms. The van der Waals surface area contributed by atoms with Crippen LogP contribution in [0, 0.1) is 0 Å². The number of methoxy groups -OCH3 is 2. The van der Waals surface area contributed by atoms with Gasteiger partial charge in [0.15, 0.2) is 5.82 Å². The number of amides is 1. The highest BCUT2D eigenvalue weighted by molar-refractivity contribution is 7.99. The summed E-state index contributed by atoms with van der Waals surface area (Å²) in [4.78, 5) is 27.9. The van der Waals surface area contributed by atoms with Crippen molar-refractivity contribution in [1.82, 2.24) is 20.5 Å². The van der Waals surface area contributed by atoms with Crippen LogP contribution in [-0.2, 0) is 16.1 Å². The van der Waals surface area contributed by atoms with Gasteiger partial charge in [-0.1, -0.05) is 23.9 Å². The van der Waals surface area contributed by atoms with Gasteiger partial charge in [-0.2, -0.15) is 0 Å². The first-order valence-corrected chi connectivity index (χ1v) is 9.71. The Balaban J connectivity index is 1.47. The number of thioether (sulfide) groups is 1. The summed E-state index contributed by atoms with van der Waals surface area (Å²) < 4.78 is 9.79. The molecule has 0 aliphatic rings. The van der Waals surface area contributed by atoms with E-state index in [0.29, 0.717) is 23.1 Å². The van der Waals surface area contributed by atoms with Gasteiger partial charge in [-0.05, 0) is 42.0 Å². The fourth-order valence-electron chi connectivity index (χ4n) is 2.45. The van der Waals surface area contributed by atoms with Crippen molar-refractivity contribution in [2.24, 2.45) is 0 Å². The molecular formula is C20H20N4O4S. The smallest absolute Gasteiger partial charge is 0.337 e. The maximum absolute atomic E-state index is 12.1. The zero-order valence-electron chi connectivity index (χ0n) is 16.0. The Morgan fingerprint density at radius 1 is 1.07 bits per heavy atom. The maximum atomic E-state index is 12.1. The molecule has 0 fully saturated rings. The molecule has 0 aliphatic heterocycles. The summed E-state index contributed by atoms with van der Waals surface area (Å²) in [5.41, 5.74) is 2.23. The lowest BCUT2D eigenvalue weighted by atomic mass is 10.1. The minimum absolute atomic E-state index is 0.136. The third-order valence-electron chi connectivity index (χ3n) is 4.03. The topological polar surface area (TPSA) is 106 Å². The van der Waals surface area contributed by atoms with Crippen molar-refractivity contribution < 1.29 is 19.1 Å². The lowest BCUT2D eigenvalue weighted by molar-refractivity contribution is -0.118. The predicted octanol–water partition coefficient (Wildman–Crippen LogP) is 2.68. The molecule has 0 saturated carbocycles. The van der Waals surface area contributed by atoms with Crippen LogP contribution in [0.1, 0.15) is 15.9 Å². The third kappa shape index (κ3) is 5.58. The van der Waals surface area contributed by atoms with E-state index in [4.69, 9.17) is 4.74 Å². The van der Waals surface area contributed by atoms with Gasteiger partial charge in [0.05, 0.1) is 25.5 Å². The first kappa shape index (κ1) is 20.4.